The topological polar surface area (TPSA) is 0 Å². The van der Waals surface area contributed by atoms with E-state index in [4.69, 9.17) is 0 Å². The van der Waals surface area contributed by atoms with Gasteiger partial charge in [0.1, 0.15) is 0 Å². The molecule has 0 heteroatoms. The Balaban J connectivity index is 1.97. The van der Waals surface area contributed by atoms with E-state index in [0.29, 0.717) is 0 Å². The monoisotopic (exact) mass is 170 g/mol. The second-order valence-electron chi connectivity index (χ2n) is 4.16. The minimum Gasteiger partial charge on any atom is -0.0623 e. The fourth-order valence-electron chi connectivity index (χ4n) is 2.52. The van der Waals surface area contributed by atoms with Gasteiger partial charge in [0.15, 0.2) is 0 Å². The number of allylic oxidation sites excluding steroid dienone is 8. The van der Waals surface area contributed by atoms with Gasteiger partial charge in [-0.05, 0) is 54.6 Å². The molecular formula is C13H14. The normalized spacial score (nSPS) is 25.2. The third kappa shape index (κ3) is 1.13. The summed E-state index contributed by atoms with van der Waals surface area (Å²) in [6.07, 6.45) is 16.0. The lowest BCUT2D eigenvalue weighted by Crippen LogP contribution is -1.98. The van der Waals surface area contributed by atoms with Gasteiger partial charge in [-0.15, -0.1) is 0 Å². The van der Waals surface area contributed by atoms with Crippen LogP contribution in [0.1, 0.15) is 32.1 Å². The number of hydrogen-bond donors (Lipinski definition) is 0. The molecule has 0 amide bonds. The van der Waals surface area contributed by atoms with Crippen molar-refractivity contribution < 1.29 is 0 Å². The first-order valence-corrected chi connectivity index (χ1v) is 5.27. The Morgan fingerprint density at radius 1 is 0.846 bits per heavy atom. The molecule has 1 fully saturated rings. The van der Waals surface area contributed by atoms with E-state index in [1.165, 1.54) is 43.3 Å². The van der Waals surface area contributed by atoms with Gasteiger partial charge in [0.2, 0.25) is 0 Å². The zero-order valence-corrected chi connectivity index (χ0v) is 7.84. The second kappa shape index (κ2) is 2.73. The molecule has 3 aliphatic carbocycles. The molecule has 0 atom stereocenters. The molecule has 2 bridgehead atoms. The van der Waals surface area contributed by atoms with Crippen LogP contribution >= 0.6 is 0 Å². The maximum absolute atomic E-state index is 2.36. The van der Waals surface area contributed by atoms with Crippen molar-refractivity contribution in [3.8, 4) is 0 Å². The van der Waals surface area contributed by atoms with E-state index in [9.17, 15) is 0 Å². The molecule has 3 rings (SSSR count). The maximum Gasteiger partial charge on any atom is -0.0178 e. The standard InChI is InChI=1S/C13H14/c1-2-4-11(5-3-1)13-9-10-6-7-12(13)8-10/h6-9H,1-5H2. The van der Waals surface area contributed by atoms with Gasteiger partial charge in [0.05, 0.1) is 0 Å². The van der Waals surface area contributed by atoms with Crippen molar-refractivity contribution >= 4 is 0 Å². The third-order valence-electron chi connectivity index (χ3n) is 3.24. The van der Waals surface area contributed by atoms with Gasteiger partial charge in [-0.1, -0.05) is 24.1 Å². The van der Waals surface area contributed by atoms with Crippen LogP contribution < -0.4 is 0 Å². The maximum atomic E-state index is 2.36. The summed E-state index contributed by atoms with van der Waals surface area (Å²) in [7, 11) is 0. The highest BCUT2D eigenvalue weighted by atomic mass is 14.2. The molecule has 0 saturated heterocycles. The Bertz CT molecular complexity index is 353. The Morgan fingerprint density at radius 3 is 2.31 bits per heavy atom. The van der Waals surface area contributed by atoms with Gasteiger partial charge < -0.3 is 0 Å². The highest BCUT2D eigenvalue weighted by Gasteiger charge is 2.18. The number of fused-ring (bicyclic) bond motifs is 1. The molecule has 0 nitrogen and oxygen atoms in total. The SMILES string of the molecule is C1=CC2=CC1=CC2=C1CCCCC1. The minimum atomic E-state index is 1.34. The van der Waals surface area contributed by atoms with Gasteiger partial charge in [-0.2, -0.15) is 0 Å². The third-order valence-corrected chi connectivity index (χ3v) is 3.24. The first-order chi connectivity index (χ1) is 6.43. The van der Waals surface area contributed by atoms with Crippen molar-refractivity contribution in [1.29, 1.82) is 0 Å². The molecule has 0 radical (unpaired) electrons. The van der Waals surface area contributed by atoms with Gasteiger partial charge in [-0.25, -0.2) is 0 Å². The zero-order valence-electron chi connectivity index (χ0n) is 7.84. The largest absolute Gasteiger partial charge is 0.0623 e. The Kier molecular flexibility index (Phi) is 1.55. The molecule has 0 unspecified atom stereocenters. The van der Waals surface area contributed by atoms with Crippen molar-refractivity contribution in [1.82, 2.24) is 0 Å². The molecule has 0 aromatic heterocycles. The van der Waals surface area contributed by atoms with E-state index in [1.807, 2.05) is 0 Å². The summed E-state index contributed by atoms with van der Waals surface area (Å²) in [5, 5.41) is 0. The predicted molar refractivity (Wildman–Crippen MR) is 55.4 cm³/mol. The summed E-state index contributed by atoms with van der Waals surface area (Å²) in [5.74, 6) is 0. The van der Waals surface area contributed by atoms with Gasteiger partial charge in [0.25, 0.3) is 0 Å². The van der Waals surface area contributed by atoms with Crippen molar-refractivity contribution in [2.24, 2.45) is 0 Å². The van der Waals surface area contributed by atoms with Crippen LogP contribution in [0.25, 0.3) is 0 Å². The first-order valence-electron chi connectivity index (χ1n) is 5.27. The van der Waals surface area contributed by atoms with E-state index >= 15 is 0 Å². The van der Waals surface area contributed by atoms with Gasteiger partial charge >= 0.3 is 0 Å². The molecular weight excluding hydrogens is 156 g/mol. The van der Waals surface area contributed by atoms with Gasteiger partial charge in [0, 0.05) is 0 Å². The van der Waals surface area contributed by atoms with Crippen LogP contribution in [0, 0.1) is 0 Å². The predicted octanol–water partition coefficient (Wildman–Crippen LogP) is 3.68. The fraction of sp³-hybridized carbons (Fsp3) is 0.385. The van der Waals surface area contributed by atoms with Gasteiger partial charge in [-0.3, -0.25) is 0 Å². The lowest BCUT2D eigenvalue weighted by molar-refractivity contribution is 0.596. The number of hydrogen-bond acceptors (Lipinski definition) is 0. The van der Waals surface area contributed by atoms with Crippen LogP contribution in [0.4, 0.5) is 0 Å². The molecule has 1 saturated carbocycles. The minimum absolute atomic E-state index is 1.34. The van der Waals surface area contributed by atoms with Crippen LogP contribution in [0.2, 0.25) is 0 Å². The highest BCUT2D eigenvalue weighted by molar-refractivity contribution is 5.67. The van der Waals surface area contributed by atoms with E-state index in [-0.39, 0.29) is 0 Å². The molecule has 0 N–H and O–H groups in total. The summed E-state index contributed by atoms with van der Waals surface area (Å²) >= 11 is 0. The first kappa shape index (κ1) is 7.37. The average Bonchev–Trinajstić information content (AvgIpc) is 2.80. The smallest absolute Gasteiger partial charge is 0.0178 e. The Hall–Kier alpha value is -1.04. The summed E-state index contributed by atoms with van der Waals surface area (Å²) in [6.45, 7) is 0. The molecule has 0 aromatic carbocycles. The fourth-order valence-corrected chi connectivity index (χ4v) is 2.52. The zero-order chi connectivity index (χ0) is 8.67. The van der Waals surface area contributed by atoms with E-state index in [2.05, 4.69) is 24.3 Å². The Labute approximate surface area is 79.3 Å². The summed E-state index contributed by atoms with van der Waals surface area (Å²) in [6, 6.07) is 0. The molecule has 0 aliphatic heterocycles. The molecule has 0 spiro atoms. The quantitative estimate of drug-likeness (QED) is 0.520. The summed E-state index contributed by atoms with van der Waals surface area (Å²) in [4.78, 5) is 0. The Morgan fingerprint density at radius 2 is 1.69 bits per heavy atom. The van der Waals surface area contributed by atoms with Crippen molar-refractivity contribution in [2.45, 2.75) is 32.1 Å². The molecule has 3 aliphatic rings. The molecule has 0 heterocycles. The van der Waals surface area contributed by atoms with Crippen LogP contribution in [0.3, 0.4) is 0 Å². The van der Waals surface area contributed by atoms with Crippen LogP contribution in [0.5, 0.6) is 0 Å². The lowest BCUT2D eigenvalue weighted by atomic mass is 9.88. The second-order valence-corrected chi connectivity index (χ2v) is 4.16. The molecule has 13 heavy (non-hydrogen) atoms. The van der Waals surface area contributed by atoms with Crippen molar-refractivity contribution in [3.63, 3.8) is 0 Å². The van der Waals surface area contributed by atoms with E-state index < -0.39 is 0 Å². The highest BCUT2D eigenvalue weighted by Crippen LogP contribution is 2.37. The lowest BCUT2D eigenvalue weighted by Gasteiger charge is -2.17. The molecule has 0 aromatic rings. The summed E-state index contributed by atoms with van der Waals surface area (Å²) < 4.78 is 0. The van der Waals surface area contributed by atoms with E-state index in [1.54, 1.807) is 11.1 Å². The average molecular weight is 170 g/mol. The number of rotatable bonds is 0. The van der Waals surface area contributed by atoms with Crippen LogP contribution in [-0.4, -0.2) is 0 Å². The van der Waals surface area contributed by atoms with E-state index in [0.717, 1.165) is 0 Å². The van der Waals surface area contributed by atoms with Crippen molar-refractivity contribution in [3.05, 3.63) is 46.6 Å². The van der Waals surface area contributed by atoms with Crippen molar-refractivity contribution in [2.75, 3.05) is 0 Å². The van der Waals surface area contributed by atoms with Crippen LogP contribution in [0.15, 0.2) is 46.6 Å². The summed E-state index contributed by atoms with van der Waals surface area (Å²) in [5.41, 5.74) is 6.13. The molecule has 66 valence electrons. The van der Waals surface area contributed by atoms with Crippen LogP contribution in [-0.2, 0) is 0 Å².